The molecule has 1 aliphatic heterocycles. The lowest BCUT2D eigenvalue weighted by Gasteiger charge is -2.39. The Morgan fingerprint density at radius 1 is 1.20 bits per heavy atom. The van der Waals surface area contributed by atoms with Gasteiger partial charge in [0.2, 0.25) is 6.29 Å². The van der Waals surface area contributed by atoms with Gasteiger partial charge in [-0.1, -0.05) is 0 Å². The van der Waals surface area contributed by atoms with Crippen molar-refractivity contribution >= 4 is 16.9 Å². The van der Waals surface area contributed by atoms with Gasteiger partial charge in [0.25, 0.3) is 0 Å². The summed E-state index contributed by atoms with van der Waals surface area (Å²) in [4.78, 5) is 15.1. The number of benzene rings is 1. The highest BCUT2D eigenvalue weighted by molar-refractivity contribution is 5.88. The number of ether oxygens (including phenoxy) is 2. The lowest BCUT2D eigenvalue weighted by Crippen LogP contribution is -2.59. The summed E-state index contributed by atoms with van der Waals surface area (Å²) in [7, 11) is 0. The van der Waals surface area contributed by atoms with Crippen LogP contribution in [-0.2, 0) is 20.7 Å². The smallest absolute Gasteiger partial charge is 0.312 e. The highest BCUT2D eigenvalue weighted by Crippen LogP contribution is 2.25. The summed E-state index contributed by atoms with van der Waals surface area (Å²) < 4.78 is 10.2. The number of hydrogen-bond acceptors (Lipinski definition) is 8. The Hall–Kier alpha value is -2.17. The van der Waals surface area contributed by atoms with Crippen LogP contribution in [0.25, 0.3) is 10.9 Å². The average Bonchev–Trinajstić information content (AvgIpc) is 2.97. The molecule has 2 aromatic rings. The molecule has 0 aliphatic carbocycles. The van der Waals surface area contributed by atoms with E-state index in [1.54, 1.807) is 12.3 Å². The van der Waals surface area contributed by atoms with Crippen LogP contribution >= 0.6 is 0 Å². The van der Waals surface area contributed by atoms with Gasteiger partial charge >= 0.3 is 5.97 Å². The van der Waals surface area contributed by atoms with E-state index in [9.17, 15) is 25.2 Å². The first-order valence-electron chi connectivity index (χ1n) is 7.69. The van der Waals surface area contributed by atoms with Crippen molar-refractivity contribution in [1.82, 2.24) is 4.98 Å². The van der Waals surface area contributed by atoms with Crippen LogP contribution in [0, 0.1) is 0 Å². The van der Waals surface area contributed by atoms with Gasteiger partial charge in [0.05, 0.1) is 13.0 Å². The number of esters is 1. The van der Waals surface area contributed by atoms with Crippen molar-refractivity contribution in [3.63, 3.8) is 0 Å². The molecule has 2 heterocycles. The van der Waals surface area contributed by atoms with E-state index >= 15 is 0 Å². The normalized spacial score (nSPS) is 29.7. The molecular weight excluding hydrogens is 334 g/mol. The molecule has 136 valence electrons. The third-order valence-electron chi connectivity index (χ3n) is 4.18. The summed E-state index contributed by atoms with van der Waals surface area (Å²) >= 11 is 0. The molecule has 1 fully saturated rings. The monoisotopic (exact) mass is 353 g/mol. The van der Waals surface area contributed by atoms with Crippen molar-refractivity contribution in [3.05, 3.63) is 30.0 Å². The maximum absolute atomic E-state index is 12.1. The molecule has 25 heavy (non-hydrogen) atoms. The standard InChI is InChI=1S/C16H19NO8/c18-6-11-13(21)14(22)15(23)16(24-11)25-12(20)3-7-5-17-10-4-8(19)1-2-9(7)10/h1-2,4-5,11,13-19,21-23H,3,6H2/t11-,13-,14+,15-,16+/m1/s1. The summed E-state index contributed by atoms with van der Waals surface area (Å²) in [6.07, 6.45) is -5.96. The number of aromatic hydroxyl groups is 1. The quantitative estimate of drug-likeness (QED) is 0.373. The molecular formula is C16H19NO8. The molecule has 0 bridgehead atoms. The van der Waals surface area contributed by atoms with Crippen molar-refractivity contribution < 1.29 is 39.8 Å². The minimum atomic E-state index is -1.64. The van der Waals surface area contributed by atoms with Gasteiger partial charge in [-0.25, -0.2) is 0 Å². The molecule has 9 heteroatoms. The zero-order valence-electron chi connectivity index (χ0n) is 13.1. The van der Waals surface area contributed by atoms with E-state index in [1.807, 2.05) is 0 Å². The first-order valence-corrected chi connectivity index (χ1v) is 7.69. The summed E-state index contributed by atoms with van der Waals surface area (Å²) in [6.45, 7) is -0.606. The first-order chi connectivity index (χ1) is 11.9. The predicted molar refractivity (Wildman–Crippen MR) is 83.5 cm³/mol. The van der Waals surface area contributed by atoms with Gasteiger partial charge in [-0.05, 0) is 17.7 Å². The fourth-order valence-corrected chi connectivity index (χ4v) is 2.81. The van der Waals surface area contributed by atoms with Crippen LogP contribution in [-0.4, -0.2) is 73.8 Å². The lowest BCUT2D eigenvalue weighted by molar-refractivity contribution is -0.292. The van der Waals surface area contributed by atoms with Gasteiger partial charge in [-0.15, -0.1) is 0 Å². The van der Waals surface area contributed by atoms with Gasteiger partial charge in [-0.3, -0.25) is 4.79 Å². The van der Waals surface area contributed by atoms with Crippen LogP contribution in [0.3, 0.4) is 0 Å². The molecule has 0 spiro atoms. The Morgan fingerprint density at radius 3 is 2.68 bits per heavy atom. The summed E-state index contributed by atoms with van der Waals surface area (Å²) in [5.74, 6) is -0.636. The molecule has 0 radical (unpaired) electrons. The van der Waals surface area contributed by atoms with E-state index in [2.05, 4.69) is 4.98 Å². The van der Waals surface area contributed by atoms with Crippen LogP contribution in [0.5, 0.6) is 5.75 Å². The van der Waals surface area contributed by atoms with Gasteiger partial charge in [0.15, 0.2) is 0 Å². The highest BCUT2D eigenvalue weighted by Gasteiger charge is 2.45. The number of aliphatic hydroxyl groups is 4. The topological polar surface area (TPSA) is 152 Å². The second kappa shape index (κ2) is 6.98. The van der Waals surface area contributed by atoms with E-state index < -0.39 is 43.3 Å². The average molecular weight is 353 g/mol. The minimum Gasteiger partial charge on any atom is -0.508 e. The lowest BCUT2D eigenvalue weighted by atomic mass is 9.99. The second-order valence-electron chi connectivity index (χ2n) is 5.91. The molecule has 0 amide bonds. The van der Waals surface area contributed by atoms with Gasteiger partial charge in [-0.2, -0.15) is 0 Å². The highest BCUT2D eigenvalue weighted by atomic mass is 16.7. The molecule has 3 rings (SSSR count). The van der Waals surface area contributed by atoms with Crippen molar-refractivity contribution in [2.45, 2.75) is 37.1 Å². The van der Waals surface area contributed by atoms with Crippen molar-refractivity contribution in [1.29, 1.82) is 0 Å². The Balaban J connectivity index is 1.69. The number of fused-ring (bicyclic) bond motifs is 1. The van der Waals surface area contributed by atoms with Crippen LogP contribution < -0.4 is 0 Å². The molecule has 0 saturated carbocycles. The number of H-pyrrole nitrogens is 1. The summed E-state index contributed by atoms with van der Waals surface area (Å²) in [5, 5.41) is 48.6. The van der Waals surface area contributed by atoms with Gasteiger partial charge in [0.1, 0.15) is 30.2 Å². The zero-order valence-corrected chi connectivity index (χ0v) is 13.1. The number of carbonyl (C=O) groups is 1. The maximum Gasteiger partial charge on any atom is 0.312 e. The maximum atomic E-state index is 12.1. The SMILES string of the molecule is O=C(Cc1c[nH]c2cc(O)ccc12)O[C@@H]1O[C@H](CO)[C@@H](O)[C@H](O)[C@H]1O. The van der Waals surface area contributed by atoms with Crippen LogP contribution in [0.4, 0.5) is 0 Å². The van der Waals surface area contributed by atoms with E-state index in [1.165, 1.54) is 12.1 Å². The Bertz CT molecular complexity index is 758. The molecule has 6 N–H and O–H groups in total. The molecule has 9 nitrogen and oxygen atoms in total. The number of aromatic amines is 1. The second-order valence-corrected chi connectivity index (χ2v) is 5.91. The fourth-order valence-electron chi connectivity index (χ4n) is 2.81. The molecule has 1 aromatic heterocycles. The van der Waals surface area contributed by atoms with Crippen LogP contribution in [0.1, 0.15) is 5.56 Å². The summed E-state index contributed by atoms with van der Waals surface area (Å²) in [5.41, 5.74) is 1.26. The number of carbonyl (C=O) groups excluding carboxylic acids is 1. The van der Waals surface area contributed by atoms with Crippen molar-refractivity contribution in [2.75, 3.05) is 6.61 Å². The van der Waals surface area contributed by atoms with Crippen LogP contribution in [0.15, 0.2) is 24.4 Å². The fraction of sp³-hybridized carbons (Fsp3) is 0.438. The number of rotatable bonds is 4. The Labute approximate surface area is 142 Å². The first kappa shape index (κ1) is 17.6. The zero-order chi connectivity index (χ0) is 18.1. The number of phenolic OH excluding ortho intramolecular Hbond substituents is 1. The number of nitrogens with one attached hydrogen (secondary N) is 1. The van der Waals surface area contributed by atoms with E-state index in [0.29, 0.717) is 11.1 Å². The molecule has 0 unspecified atom stereocenters. The van der Waals surface area contributed by atoms with Gasteiger partial charge in [0, 0.05) is 23.2 Å². The van der Waals surface area contributed by atoms with E-state index in [0.717, 1.165) is 5.39 Å². The molecule has 5 atom stereocenters. The van der Waals surface area contributed by atoms with Crippen LogP contribution in [0.2, 0.25) is 0 Å². The largest absolute Gasteiger partial charge is 0.508 e. The third-order valence-corrected chi connectivity index (χ3v) is 4.18. The molecule has 1 aromatic carbocycles. The predicted octanol–water partition coefficient (Wildman–Crippen LogP) is -1.24. The molecule has 1 saturated heterocycles. The van der Waals surface area contributed by atoms with E-state index in [4.69, 9.17) is 14.6 Å². The number of hydrogen-bond donors (Lipinski definition) is 6. The number of aliphatic hydroxyl groups excluding tert-OH is 4. The summed E-state index contributed by atoms with van der Waals surface area (Å²) in [6, 6.07) is 4.65. The Morgan fingerprint density at radius 2 is 1.96 bits per heavy atom. The molecule has 1 aliphatic rings. The minimum absolute atomic E-state index is 0.0878. The van der Waals surface area contributed by atoms with Crippen molar-refractivity contribution in [2.24, 2.45) is 0 Å². The number of phenols is 1. The van der Waals surface area contributed by atoms with Gasteiger partial charge < -0.3 is 40.0 Å². The Kier molecular flexibility index (Phi) is 4.93. The number of aromatic nitrogens is 1. The third kappa shape index (κ3) is 3.46. The van der Waals surface area contributed by atoms with E-state index in [-0.39, 0.29) is 12.2 Å². The van der Waals surface area contributed by atoms with Crippen molar-refractivity contribution in [3.8, 4) is 5.75 Å².